The summed E-state index contributed by atoms with van der Waals surface area (Å²) in [5.41, 5.74) is 1.82. The van der Waals surface area contributed by atoms with Crippen LogP contribution in [0.15, 0.2) is 0 Å². The molecule has 0 amide bonds. The highest BCUT2D eigenvalue weighted by molar-refractivity contribution is 5.16. The van der Waals surface area contributed by atoms with Crippen LogP contribution in [0.4, 0.5) is 0 Å². The number of aryl methyl sites for hydroxylation is 1. The summed E-state index contributed by atoms with van der Waals surface area (Å²) in [5, 5.41) is 8.91. The molecule has 0 aromatic carbocycles. The van der Waals surface area contributed by atoms with Gasteiger partial charge in [0.15, 0.2) is 0 Å². The van der Waals surface area contributed by atoms with Crippen molar-refractivity contribution in [3.05, 3.63) is 17.2 Å². The standard InChI is InChI=1S/C8H14N2O/c1-5(2)8-7(4-11)9-6(3)10-8/h5,11H,4H2,1-3H3,(H,9,10). The normalized spacial score (nSPS) is 11.0. The molecule has 0 unspecified atom stereocenters. The fraction of sp³-hybridized carbons (Fsp3) is 0.625. The predicted octanol–water partition coefficient (Wildman–Crippen LogP) is 1.33. The maximum atomic E-state index is 8.91. The molecule has 0 radical (unpaired) electrons. The van der Waals surface area contributed by atoms with Gasteiger partial charge in [-0.3, -0.25) is 0 Å². The van der Waals surface area contributed by atoms with Gasteiger partial charge < -0.3 is 10.1 Å². The molecule has 0 spiro atoms. The van der Waals surface area contributed by atoms with Gasteiger partial charge in [-0.05, 0) is 12.8 Å². The van der Waals surface area contributed by atoms with Crippen molar-refractivity contribution in [2.45, 2.75) is 33.3 Å². The Morgan fingerprint density at radius 2 is 2.18 bits per heavy atom. The van der Waals surface area contributed by atoms with E-state index >= 15 is 0 Å². The Kier molecular flexibility index (Phi) is 2.29. The predicted molar refractivity (Wildman–Crippen MR) is 43.3 cm³/mol. The highest BCUT2D eigenvalue weighted by atomic mass is 16.3. The molecule has 11 heavy (non-hydrogen) atoms. The quantitative estimate of drug-likeness (QED) is 0.675. The molecule has 2 N–H and O–H groups in total. The van der Waals surface area contributed by atoms with E-state index < -0.39 is 0 Å². The third-order valence-corrected chi connectivity index (χ3v) is 1.63. The molecular weight excluding hydrogens is 140 g/mol. The van der Waals surface area contributed by atoms with Crippen molar-refractivity contribution in [1.29, 1.82) is 0 Å². The number of rotatable bonds is 2. The number of hydrogen-bond acceptors (Lipinski definition) is 2. The number of nitrogens with zero attached hydrogens (tertiary/aromatic N) is 1. The van der Waals surface area contributed by atoms with Gasteiger partial charge in [0.1, 0.15) is 5.82 Å². The monoisotopic (exact) mass is 154 g/mol. The summed E-state index contributed by atoms with van der Waals surface area (Å²) in [4.78, 5) is 7.28. The minimum Gasteiger partial charge on any atom is -0.390 e. The molecule has 0 aliphatic heterocycles. The van der Waals surface area contributed by atoms with Crippen LogP contribution in [0.3, 0.4) is 0 Å². The van der Waals surface area contributed by atoms with Gasteiger partial charge in [0, 0.05) is 0 Å². The lowest BCUT2D eigenvalue weighted by molar-refractivity contribution is 0.275. The zero-order valence-electron chi connectivity index (χ0n) is 7.18. The van der Waals surface area contributed by atoms with Gasteiger partial charge >= 0.3 is 0 Å². The Labute approximate surface area is 66.5 Å². The number of aliphatic hydroxyl groups is 1. The SMILES string of the molecule is Cc1nc(C(C)C)c(CO)[nH]1. The van der Waals surface area contributed by atoms with Crippen molar-refractivity contribution >= 4 is 0 Å². The van der Waals surface area contributed by atoms with Gasteiger partial charge in [-0.1, -0.05) is 13.8 Å². The zero-order chi connectivity index (χ0) is 8.43. The van der Waals surface area contributed by atoms with E-state index in [0.717, 1.165) is 17.2 Å². The number of aliphatic hydroxyl groups excluding tert-OH is 1. The average Bonchev–Trinajstić information content (AvgIpc) is 2.30. The maximum Gasteiger partial charge on any atom is 0.103 e. The van der Waals surface area contributed by atoms with E-state index in [1.165, 1.54) is 0 Å². The lowest BCUT2D eigenvalue weighted by Crippen LogP contribution is -1.94. The number of hydrogen-bond donors (Lipinski definition) is 2. The minimum absolute atomic E-state index is 0.0500. The van der Waals surface area contributed by atoms with Crippen LogP contribution < -0.4 is 0 Å². The number of nitrogens with one attached hydrogen (secondary N) is 1. The summed E-state index contributed by atoms with van der Waals surface area (Å²) >= 11 is 0. The van der Waals surface area contributed by atoms with Crippen LogP contribution in [0.2, 0.25) is 0 Å². The lowest BCUT2D eigenvalue weighted by Gasteiger charge is -2.01. The van der Waals surface area contributed by atoms with E-state index in [1.54, 1.807) is 0 Å². The first kappa shape index (κ1) is 8.27. The molecule has 1 aromatic rings. The summed E-state index contributed by atoms with van der Waals surface area (Å²) in [6, 6.07) is 0. The summed E-state index contributed by atoms with van der Waals surface area (Å²) in [6.07, 6.45) is 0. The van der Waals surface area contributed by atoms with Gasteiger partial charge in [0.2, 0.25) is 0 Å². The zero-order valence-corrected chi connectivity index (χ0v) is 7.18. The van der Waals surface area contributed by atoms with Crippen LogP contribution >= 0.6 is 0 Å². The Balaban J connectivity index is 3.02. The van der Waals surface area contributed by atoms with E-state index in [0.29, 0.717) is 5.92 Å². The Morgan fingerprint density at radius 1 is 1.55 bits per heavy atom. The fourth-order valence-corrected chi connectivity index (χ4v) is 1.16. The molecule has 1 heterocycles. The molecular formula is C8H14N2O. The van der Waals surface area contributed by atoms with Gasteiger partial charge in [0.25, 0.3) is 0 Å². The first-order chi connectivity index (χ1) is 5.15. The highest BCUT2D eigenvalue weighted by Gasteiger charge is 2.09. The van der Waals surface area contributed by atoms with Crippen LogP contribution in [0.1, 0.15) is 37.0 Å². The van der Waals surface area contributed by atoms with Crippen LogP contribution in [0.5, 0.6) is 0 Å². The number of H-pyrrole nitrogens is 1. The molecule has 0 bridgehead atoms. The second kappa shape index (κ2) is 3.05. The van der Waals surface area contributed by atoms with Gasteiger partial charge in [0.05, 0.1) is 18.0 Å². The molecule has 62 valence electrons. The van der Waals surface area contributed by atoms with Gasteiger partial charge in [-0.25, -0.2) is 4.98 Å². The molecule has 0 atom stereocenters. The molecule has 1 rings (SSSR count). The summed E-state index contributed by atoms with van der Waals surface area (Å²) < 4.78 is 0. The van der Waals surface area contributed by atoms with Crippen molar-refractivity contribution in [1.82, 2.24) is 9.97 Å². The van der Waals surface area contributed by atoms with Crippen LogP contribution in [-0.2, 0) is 6.61 Å². The molecule has 1 aromatic heterocycles. The third-order valence-electron chi connectivity index (χ3n) is 1.63. The second-order valence-electron chi connectivity index (χ2n) is 3.00. The Hall–Kier alpha value is -0.830. The largest absolute Gasteiger partial charge is 0.390 e. The van der Waals surface area contributed by atoms with E-state index in [9.17, 15) is 0 Å². The molecule has 0 aliphatic rings. The van der Waals surface area contributed by atoms with Crippen LogP contribution in [0.25, 0.3) is 0 Å². The lowest BCUT2D eigenvalue weighted by atomic mass is 10.1. The first-order valence-corrected chi connectivity index (χ1v) is 3.81. The molecule has 0 fully saturated rings. The first-order valence-electron chi connectivity index (χ1n) is 3.81. The molecule has 0 saturated carbocycles. The topological polar surface area (TPSA) is 48.9 Å². The number of imidazole rings is 1. The van der Waals surface area contributed by atoms with Gasteiger partial charge in [-0.15, -0.1) is 0 Å². The number of aromatic nitrogens is 2. The second-order valence-corrected chi connectivity index (χ2v) is 3.00. The summed E-state index contributed by atoms with van der Waals surface area (Å²) in [5.74, 6) is 1.25. The van der Waals surface area contributed by atoms with E-state index in [2.05, 4.69) is 23.8 Å². The minimum atomic E-state index is 0.0500. The Morgan fingerprint density at radius 3 is 2.55 bits per heavy atom. The third kappa shape index (κ3) is 1.60. The molecule has 0 saturated heterocycles. The number of aromatic amines is 1. The Bertz CT molecular complexity index is 240. The summed E-state index contributed by atoms with van der Waals surface area (Å²) in [6.45, 7) is 6.07. The highest BCUT2D eigenvalue weighted by Crippen LogP contribution is 2.16. The molecule has 3 nitrogen and oxygen atoms in total. The van der Waals surface area contributed by atoms with Crippen molar-refractivity contribution in [3.63, 3.8) is 0 Å². The van der Waals surface area contributed by atoms with E-state index in [4.69, 9.17) is 5.11 Å². The van der Waals surface area contributed by atoms with E-state index in [-0.39, 0.29) is 6.61 Å². The van der Waals surface area contributed by atoms with Crippen molar-refractivity contribution in [2.24, 2.45) is 0 Å². The van der Waals surface area contributed by atoms with Gasteiger partial charge in [-0.2, -0.15) is 0 Å². The molecule has 3 heteroatoms. The van der Waals surface area contributed by atoms with Crippen LogP contribution in [0, 0.1) is 6.92 Å². The van der Waals surface area contributed by atoms with Crippen molar-refractivity contribution in [3.8, 4) is 0 Å². The smallest absolute Gasteiger partial charge is 0.103 e. The van der Waals surface area contributed by atoms with Crippen LogP contribution in [-0.4, -0.2) is 15.1 Å². The fourth-order valence-electron chi connectivity index (χ4n) is 1.16. The van der Waals surface area contributed by atoms with Crippen molar-refractivity contribution < 1.29 is 5.11 Å². The molecule has 0 aliphatic carbocycles. The van der Waals surface area contributed by atoms with E-state index in [1.807, 2.05) is 6.92 Å². The van der Waals surface area contributed by atoms with Crippen molar-refractivity contribution in [2.75, 3.05) is 0 Å². The summed E-state index contributed by atoms with van der Waals surface area (Å²) in [7, 11) is 0. The average molecular weight is 154 g/mol. The maximum absolute atomic E-state index is 8.91.